The lowest BCUT2D eigenvalue weighted by molar-refractivity contribution is 0.0148. The topological polar surface area (TPSA) is 41.6 Å². The van der Waals surface area contributed by atoms with E-state index in [1.54, 1.807) is 0 Å². The van der Waals surface area contributed by atoms with E-state index in [-0.39, 0.29) is 6.09 Å². The third-order valence-electron chi connectivity index (χ3n) is 5.74. The molecule has 1 heterocycles. The van der Waals surface area contributed by atoms with Crippen LogP contribution in [0.1, 0.15) is 92.4 Å². The molecule has 1 saturated carbocycles. The van der Waals surface area contributed by atoms with Gasteiger partial charge in [0.1, 0.15) is 5.60 Å². The molecule has 2 aliphatic rings. The highest BCUT2D eigenvalue weighted by atomic mass is 16.6. The van der Waals surface area contributed by atoms with E-state index in [1.807, 2.05) is 25.7 Å². The number of hydrogen-bond donors (Lipinski definition) is 1. The number of amides is 1. The van der Waals surface area contributed by atoms with E-state index in [1.165, 1.54) is 38.5 Å². The number of nitrogens with zero attached hydrogens (tertiary/aromatic N) is 1. The second kappa shape index (κ2) is 9.25. The molecule has 1 N–H and O–H groups in total. The molecule has 0 bridgehead atoms. The maximum Gasteiger partial charge on any atom is 0.410 e. The smallest absolute Gasteiger partial charge is 0.410 e. The summed E-state index contributed by atoms with van der Waals surface area (Å²) in [6.45, 7) is 11.4. The highest BCUT2D eigenvalue weighted by molar-refractivity contribution is 5.68. The maximum atomic E-state index is 12.7. The van der Waals surface area contributed by atoms with Crippen LogP contribution in [0, 0.1) is 5.92 Å². The van der Waals surface area contributed by atoms with Crippen LogP contribution in [0.25, 0.3) is 0 Å². The highest BCUT2D eigenvalue weighted by Crippen LogP contribution is 2.26. The summed E-state index contributed by atoms with van der Waals surface area (Å²) in [6, 6.07) is 1.39. The molecular weight excluding hydrogens is 312 g/mol. The van der Waals surface area contributed by atoms with Gasteiger partial charge in [0, 0.05) is 24.7 Å². The Labute approximate surface area is 155 Å². The quantitative estimate of drug-likeness (QED) is 0.764. The molecule has 2 rings (SSSR count). The molecule has 0 aromatic rings. The Bertz CT molecular complexity index is 419. The van der Waals surface area contributed by atoms with Crippen molar-refractivity contribution < 1.29 is 9.53 Å². The first-order valence-corrected chi connectivity index (χ1v) is 10.5. The number of carbonyl (C=O) groups excluding carboxylic acids is 1. The molecule has 4 atom stereocenters. The van der Waals surface area contributed by atoms with E-state index < -0.39 is 5.60 Å². The van der Waals surface area contributed by atoms with Gasteiger partial charge in [-0.3, -0.25) is 0 Å². The van der Waals surface area contributed by atoms with Crippen molar-refractivity contribution >= 4 is 6.09 Å². The number of ether oxygens (including phenoxy) is 1. The summed E-state index contributed by atoms with van der Waals surface area (Å²) in [6.07, 6.45) is 10.9. The Morgan fingerprint density at radius 1 is 1.12 bits per heavy atom. The molecule has 1 amide bonds. The van der Waals surface area contributed by atoms with Crippen LogP contribution in [0.2, 0.25) is 0 Å². The molecule has 1 aliphatic carbocycles. The molecule has 25 heavy (non-hydrogen) atoms. The first kappa shape index (κ1) is 20.5. The van der Waals surface area contributed by atoms with E-state index >= 15 is 0 Å². The Morgan fingerprint density at radius 3 is 2.48 bits per heavy atom. The minimum Gasteiger partial charge on any atom is -0.444 e. The third kappa shape index (κ3) is 6.80. The van der Waals surface area contributed by atoms with Gasteiger partial charge in [-0.2, -0.15) is 0 Å². The Morgan fingerprint density at radius 2 is 1.80 bits per heavy atom. The average Bonchev–Trinajstić information content (AvgIpc) is 2.73. The number of nitrogens with one attached hydrogen (secondary N) is 1. The second-order valence-electron chi connectivity index (χ2n) is 9.35. The van der Waals surface area contributed by atoms with Crippen LogP contribution < -0.4 is 5.32 Å². The molecule has 1 saturated heterocycles. The minimum atomic E-state index is -0.421. The van der Waals surface area contributed by atoms with E-state index in [9.17, 15) is 4.79 Å². The fraction of sp³-hybridized carbons (Fsp3) is 0.952. The molecule has 4 nitrogen and oxygen atoms in total. The molecule has 1 aliphatic heterocycles. The van der Waals surface area contributed by atoms with Crippen molar-refractivity contribution in [1.82, 2.24) is 10.2 Å². The van der Waals surface area contributed by atoms with Gasteiger partial charge in [0.2, 0.25) is 0 Å². The highest BCUT2D eigenvalue weighted by Gasteiger charge is 2.31. The van der Waals surface area contributed by atoms with Crippen molar-refractivity contribution in [2.75, 3.05) is 6.54 Å². The van der Waals surface area contributed by atoms with Gasteiger partial charge >= 0.3 is 6.09 Å². The SMILES string of the molecule is CC(CC1CCCCCN1C(=O)OC(C)(C)C)NC1CCCCC1C. The normalized spacial score (nSPS) is 29.8. The van der Waals surface area contributed by atoms with Crippen LogP contribution in [0.5, 0.6) is 0 Å². The summed E-state index contributed by atoms with van der Waals surface area (Å²) >= 11 is 0. The lowest BCUT2D eigenvalue weighted by Gasteiger charge is -2.36. The standard InChI is InChI=1S/C21H40N2O2/c1-16-11-8-9-13-19(16)22-17(2)15-18-12-7-6-10-14-23(18)20(24)25-21(3,4)5/h16-19,22H,6-15H2,1-5H3. The molecule has 4 unspecified atom stereocenters. The summed E-state index contributed by atoms with van der Waals surface area (Å²) in [5.74, 6) is 0.771. The van der Waals surface area contributed by atoms with E-state index in [4.69, 9.17) is 4.74 Å². The van der Waals surface area contributed by atoms with Gasteiger partial charge < -0.3 is 15.0 Å². The van der Waals surface area contributed by atoms with Crippen LogP contribution in [0.15, 0.2) is 0 Å². The van der Waals surface area contributed by atoms with Crippen molar-refractivity contribution in [3.8, 4) is 0 Å². The van der Waals surface area contributed by atoms with Crippen molar-refractivity contribution in [2.24, 2.45) is 5.92 Å². The predicted molar refractivity (Wildman–Crippen MR) is 104 cm³/mol. The maximum absolute atomic E-state index is 12.7. The van der Waals surface area contributed by atoms with Crippen LogP contribution in [0.4, 0.5) is 4.79 Å². The van der Waals surface area contributed by atoms with Crippen molar-refractivity contribution in [3.63, 3.8) is 0 Å². The number of likely N-dealkylation sites (tertiary alicyclic amines) is 1. The van der Waals surface area contributed by atoms with Gasteiger partial charge in [-0.25, -0.2) is 4.79 Å². The largest absolute Gasteiger partial charge is 0.444 e. The summed E-state index contributed by atoms with van der Waals surface area (Å²) in [4.78, 5) is 14.7. The second-order valence-corrected chi connectivity index (χ2v) is 9.35. The molecule has 0 radical (unpaired) electrons. The first-order chi connectivity index (χ1) is 11.8. The van der Waals surface area contributed by atoms with Crippen molar-refractivity contribution in [1.29, 1.82) is 0 Å². The zero-order chi connectivity index (χ0) is 18.4. The van der Waals surface area contributed by atoms with Crippen LogP contribution in [-0.2, 0) is 4.74 Å². The fourth-order valence-corrected chi connectivity index (χ4v) is 4.39. The van der Waals surface area contributed by atoms with Gasteiger partial charge in [-0.05, 0) is 65.7 Å². The van der Waals surface area contributed by atoms with Crippen LogP contribution in [-0.4, -0.2) is 41.3 Å². The van der Waals surface area contributed by atoms with Gasteiger partial charge in [-0.1, -0.05) is 32.6 Å². The lowest BCUT2D eigenvalue weighted by atomic mass is 9.85. The zero-order valence-corrected chi connectivity index (χ0v) is 17.1. The molecule has 0 aromatic carbocycles. The number of rotatable bonds is 4. The lowest BCUT2D eigenvalue weighted by Crippen LogP contribution is -2.48. The Balaban J connectivity index is 1.94. The minimum absolute atomic E-state index is 0.127. The molecule has 146 valence electrons. The Kier molecular flexibility index (Phi) is 7.60. The summed E-state index contributed by atoms with van der Waals surface area (Å²) in [7, 11) is 0. The fourth-order valence-electron chi connectivity index (χ4n) is 4.39. The predicted octanol–water partition coefficient (Wildman–Crippen LogP) is 5.11. The summed E-state index contributed by atoms with van der Waals surface area (Å²) < 4.78 is 5.68. The first-order valence-electron chi connectivity index (χ1n) is 10.5. The molecule has 2 fully saturated rings. The zero-order valence-electron chi connectivity index (χ0n) is 17.1. The van der Waals surface area contributed by atoms with Crippen LogP contribution in [0.3, 0.4) is 0 Å². The van der Waals surface area contributed by atoms with E-state index in [0.717, 1.165) is 31.7 Å². The third-order valence-corrected chi connectivity index (χ3v) is 5.74. The van der Waals surface area contributed by atoms with Gasteiger partial charge in [-0.15, -0.1) is 0 Å². The van der Waals surface area contributed by atoms with Gasteiger partial charge in [0.05, 0.1) is 0 Å². The molecule has 4 heteroatoms. The van der Waals surface area contributed by atoms with Gasteiger partial charge in [0.25, 0.3) is 0 Å². The average molecular weight is 353 g/mol. The number of hydrogen-bond acceptors (Lipinski definition) is 3. The molecule has 0 spiro atoms. The Hall–Kier alpha value is -0.770. The summed E-state index contributed by atoms with van der Waals surface area (Å²) in [5, 5.41) is 3.87. The van der Waals surface area contributed by atoms with Crippen LogP contribution >= 0.6 is 0 Å². The van der Waals surface area contributed by atoms with E-state index in [2.05, 4.69) is 19.2 Å². The number of carbonyl (C=O) groups is 1. The van der Waals surface area contributed by atoms with Crippen molar-refractivity contribution in [2.45, 2.75) is 116 Å². The molecule has 0 aromatic heterocycles. The van der Waals surface area contributed by atoms with Crippen molar-refractivity contribution in [3.05, 3.63) is 0 Å². The summed E-state index contributed by atoms with van der Waals surface area (Å²) in [5.41, 5.74) is -0.421. The monoisotopic (exact) mass is 352 g/mol. The van der Waals surface area contributed by atoms with Gasteiger partial charge in [0.15, 0.2) is 0 Å². The van der Waals surface area contributed by atoms with E-state index in [0.29, 0.717) is 18.1 Å². The molecular formula is C21H40N2O2.